The molecule has 0 amide bonds. The molecule has 0 aliphatic heterocycles. The zero-order chi connectivity index (χ0) is 14.7. The van der Waals surface area contributed by atoms with Crippen molar-refractivity contribution in [1.29, 1.82) is 0 Å². The summed E-state index contributed by atoms with van der Waals surface area (Å²) in [7, 11) is 0. The highest BCUT2D eigenvalue weighted by molar-refractivity contribution is 5.27. The number of halogens is 3. The Bertz CT molecular complexity index is 417. The molecule has 0 aliphatic carbocycles. The van der Waals surface area contributed by atoms with Gasteiger partial charge in [-0.3, -0.25) is 0 Å². The lowest BCUT2D eigenvalue weighted by molar-refractivity contribution is -0.137. The molecule has 6 heteroatoms. The molecule has 0 aromatic heterocycles. The van der Waals surface area contributed by atoms with Crippen LogP contribution >= 0.6 is 0 Å². The molecular weight excluding hydrogens is 259 g/mol. The van der Waals surface area contributed by atoms with E-state index in [-0.39, 0.29) is 13.2 Å². The first-order chi connectivity index (χ1) is 8.72. The van der Waals surface area contributed by atoms with Crippen LogP contribution in [0.25, 0.3) is 0 Å². The molecule has 0 fully saturated rings. The van der Waals surface area contributed by atoms with E-state index in [1.165, 1.54) is 6.07 Å². The SMILES string of the molecule is CC(NC(C)(CO)CO)c1cccc(C(F)(F)F)c1. The molecule has 0 radical (unpaired) electrons. The Morgan fingerprint density at radius 2 is 1.79 bits per heavy atom. The molecule has 1 aromatic carbocycles. The van der Waals surface area contributed by atoms with Gasteiger partial charge in [0.05, 0.1) is 24.3 Å². The number of alkyl halides is 3. The minimum absolute atomic E-state index is 0.313. The maximum Gasteiger partial charge on any atom is 0.416 e. The molecule has 0 saturated heterocycles. The van der Waals surface area contributed by atoms with Gasteiger partial charge in [-0.05, 0) is 31.5 Å². The van der Waals surface area contributed by atoms with Gasteiger partial charge in [-0.25, -0.2) is 0 Å². The van der Waals surface area contributed by atoms with Gasteiger partial charge in [0.25, 0.3) is 0 Å². The minimum Gasteiger partial charge on any atom is -0.394 e. The molecule has 0 bridgehead atoms. The summed E-state index contributed by atoms with van der Waals surface area (Å²) in [4.78, 5) is 0. The highest BCUT2D eigenvalue weighted by Gasteiger charge is 2.31. The first kappa shape index (κ1) is 15.9. The van der Waals surface area contributed by atoms with Crippen molar-refractivity contribution in [2.24, 2.45) is 0 Å². The van der Waals surface area contributed by atoms with Crippen LogP contribution in [0.4, 0.5) is 13.2 Å². The minimum atomic E-state index is -4.38. The molecule has 108 valence electrons. The van der Waals surface area contributed by atoms with Gasteiger partial charge in [-0.2, -0.15) is 13.2 Å². The first-order valence-electron chi connectivity index (χ1n) is 5.88. The molecular formula is C13H18F3NO2. The van der Waals surface area contributed by atoms with Gasteiger partial charge < -0.3 is 15.5 Å². The van der Waals surface area contributed by atoms with Crippen LogP contribution in [0, 0.1) is 0 Å². The number of aliphatic hydroxyl groups excluding tert-OH is 2. The largest absolute Gasteiger partial charge is 0.416 e. The van der Waals surface area contributed by atoms with Crippen LogP contribution in [0.2, 0.25) is 0 Å². The van der Waals surface area contributed by atoms with E-state index in [0.717, 1.165) is 12.1 Å². The summed E-state index contributed by atoms with van der Waals surface area (Å²) < 4.78 is 37.8. The maximum absolute atomic E-state index is 12.6. The van der Waals surface area contributed by atoms with Crippen molar-refractivity contribution in [3.8, 4) is 0 Å². The van der Waals surface area contributed by atoms with Crippen LogP contribution in [0.5, 0.6) is 0 Å². The van der Waals surface area contributed by atoms with Crippen molar-refractivity contribution < 1.29 is 23.4 Å². The number of nitrogens with one attached hydrogen (secondary N) is 1. The third kappa shape index (κ3) is 4.19. The van der Waals surface area contributed by atoms with E-state index in [1.807, 2.05) is 0 Å². The maximum atomic E-state index is 12.6. The van der Waals surface area contributed by atoms with Crippen LogP contribution in [-0.4, -0.2) is 29.0 Å². The summed E-state index contributed by atoms with van der Waals surface area (Å²) in [5.41, 5.74) is -1.20. The highest BCUT2D eigenvalue weighted by Crippen LogP contribution is 2.31. The summed E-state index contributed by atoms with van der Waals surface area (Å²) in [5, 5.41) is 21.2. The molecule has 0 spiro atoms. The molecule has 0 heterocycles. The van der Waals surface area contributed by atoms with Gasteiger partial charge in [0.1, 0.15) is 0 Å². The topological polar surface area (TPSA) is 52.5 Å². The Hall–Kier alpha value is -1.11. The Labute approximate surface area is 110 Å². The van der Waals surface area contributed by atoms with Crippen molar-refractivity contribution in [2.45, 2.75) is 31.6 Å². The van der Waals surface area contributed by atoms with Gasteiger partial charge in [-0.1, -0.05) is 12.1 Å². The van der Waals surface area contributed by atoms with Crippen LogP contribution in [0.3, 0.4) is 0 Å². The van der Waals surface area contributed by atoms with E-state index in [4.69, 9.17) is 10.2 Å². The van der Waals surface area contributed by atoms with E-state index in [9.17, 15) is 13.2 Å². The Morgan fingerprint density at radius 3 is 2.26 bits per heavy atom. The third-order valence-electron chi connectivity index (χ3n) is 2.98. The third-order valence-corrected chi connectivity index (χ3v) is 2.98. The van der Waals surface area contributed by atoms with Crippen molar-refractivity contribution in [2.75, 3.05) is 13.2 Å². The predicted octanol–water partition coefficient (Wildman–Crippen LogP) is 2.10. The van der Waals surface area contributed by atoms with Crippen molar-refractivity contribution in [1.82, 2.24) is 5.32 Å². The number of rotatable bonds is 5. The van der Waals surface area contributed by atoms with Crippen molar-refractivity contribution >= 4 is 0 Å². The molecule has 0 aliphatic rings. The number of hydrogen-bond acceptors (Lipinski definition) is 3. The lowest BCUT2D eigenvalue weighted by Gasteiger charge is -2.30. The number of aliphatic hydroxyl groups is 2. The normalized spacial score (nSPS) is 14.5. The van der Waals surface area contributed by atoms with E-state index in [1.54, 1.807) is 19.9 Å². The zero-order valence-corrected chi connectivity index (χ0v) is 10.8. The second-order valence-electron chi connectivity index (χ2n) is 4.87. The van der Waals surface area contributed by atoms with Gasteiger partial charge in [0, 0.05) is 6.04 Å². The van der Waals surface area contributed by atoms with E-state index in [2.05, 4.69) is 5.32 Å². The molecule has 1 unspecified atom stereocenters. The lowest BCUT2D eigenvalue weighted by Crippen LogP contribution is -2.49. The van der Waals surface area contributed by atoms with Gasteiger partial charge in [-0.15, -0.1) is 0 Å². The Balaban J connectivity index is 2.92. The van der Waals surface area contributed by atoms with Gasteiger partial charge in [0.2, 0.25) is 0 Å². The molecule has 1 rings (SSSR count). The average Bonchev–Trinajstić information content (AvgIpc) is 2.37. The van der Waals surface area contributed by atoms with E-state index >= 15 is 0 Å². The van der Waals surface area contributed by atoms with Crippen LogP contribution in [0.15, 0.2) is 24.3 Å². The zero-order valence-electron chi connectivity index (χ0n) is 10.8. The van der Waals surface area contributed by atoms with Crippen LogP contribution in [-0.2, 0) is 6.18 Å². The summed E-state index contributed by atoms with van der Waals surface area (Å²) in [6.45, 7) is 2.65. The standard InChI is InChI=1S/C13H18F3NO2/c1-9(17-12(2,7-18)8-19)10-4-3-5-11(6-10)13(14,15)16/h3-6,9,17-19H,7-8H2,1-2H3. The van der Waals surface area contributed by atoms with E-state index < -0.39 is 23.3 Å². The van der Waals surface area contributed by atoms with Crippen molar-refractivity contribution in [3.63, 3.8) is 0 Å². The van der Waals surface area contributed by atoms with Crippen LogP contribution in [0.1, 0.15) is 31.0 Å². The second kappa shape index (κ2) is 5.90. The fourth-order valence-corrected chi connectivity index (χ4v) is 1.73. The average molecular weight is 277 g/mol. The molecule has 3 N–H and O–H groups in total. The Morgan fingerprint density at radius 1 is 1.21 bits per heavy atom. The fourth-order valence-electron chi connectivity index (χ4n) is 1.73. The summed E-state index contributed by atoms with van der Waals surface area (Å²) in [6.07, 6.45) is -4.38. The quantitative estimate of drug-likeness (QED) is 0.772. The molecule has 0 saturated carbocycles. The first-order valence-corrected chi connectivity index (χ1v) is 5.88. The smallest absolute Gasteiger partial charge is 0.394 e. The summed E-state index contributed by atoms with van der Waals surface area (Å²) in [6, 6.07) is 4.56. The highest BCUT2D eigenvalue weighted by atomic mass is 19.4. The molecule has 3 nitrogen and oxygen atoms in total. The summed E-state index contributed by atoms with van der Waals surface area (Å²) in [5.74, 6) is 0. The molecule has 19 heavy (non-hydrogen) atoms. The fraction of sp³-hybridized carbons (Fsp3) is 0.538. The lowest BCUT2D eigenvalue weighted by atomic mass is 9.99. The number of hydrogen-bond donors (Lipinski definition) is 3. The molecule has 1 aromatic rings. The second-order valence-corrected chi connectivity index (χ2v) is 4.87. The predicted molar refractivity (Wildman–Crippen MR) is 65.6 cm³/mol. The van der Waals surface area contributed by atoms with Gasteiger partial charge >= 0.3 is 6.18 Å². The molecule has 1 atom stereocenters. The van der Waals surface area contributed by atoms with Crippen molar-refractivity contribution in [3.05, 3.63) is 35.4 Å². The summed E-state index contributed by atoms with van der Waals surface area (Å²) >= 11 is 0. The monoisotopic (exact) mass is 277 g/mol. The van der Waals surface area contributed by atoms with Gasteiger partial charge in [0.15, 0.2) is 0 Å². The Kier molecular flexibility index (Phi) is 4.95. The number of benzene rings is 1. The van der Waals surface area contributed by atoms with E-state index in [0.29, 0.717) is 5.56 Å². The van der Waals surface area contributed by atoms with Crippen LogP contribution < -0.4 is 5.32 Å².